The third kappa shape index (κ3) is 3.51. The van der Waals surface area contributed by atoms with Crippen molar-refractivity contribution in [3.8, 4) is 17.0 Å². The normalized spacial score (nSPS) is 10.5. The van der Waals surface area contributed by atoms with E-state index in [2.05, 4.69) is 4.98 Å². The molecule has 0 saturated heterocycles. The summed E-state index contributed by atoms with van der Waals surface area (Å²) >= 11 is 1.62. The van der Waals surface area contributed by atoms with Gasteiger partial charge in [-0.2, -0.15) is 0 Å². The Labute approximate surface area is 132 Å². The number of hydrogen-bond donors (Lipinski definition) is 2. The van der Waals surface area contributed by atoms with Crippen molar-refractivity contribution in [3.05, 3.63) is 46.2 Å². The van der Waals surface area contributed by atoms with Crippen molar-refractivity contribution in [3.63, 3.8) is 0 Å². The van der Waals surface area contributed by atoms with Crippen molar-refractivity contribution < 1.29 is 9.53 Å². The zero-order valence-corrected chi connectivity index (χ0v) is 13.3. The fraction of sp³-hybridized carbons (Fsp3) is 0.250. The number of aromatic nitrogens is 1. The number of benzene rings is 1. The number of nitrogens with one attached hydrogen (secondary N) is 1. The summed E-state index contributed by atoms with van der Waals surface area (Å²) in [4.78, 5) is 26.8. The number of nitrogens with two attached hydrogens (primary N) is 1. The van der Waals surface area contributed by atoms with E-state index < -0.39 is 11.5 Å². The molecule has 116 valence electrons. The Morgan fingerprint density at radius 2 is 2.09 bits per heavy atom. The number of pyridine rings is 1. The number of thioether (sulfide) groups is 1. The maximum absolute atomic E-state index is 11.9. The van der Waals surface area contributed by atoms with Crippen LogP contribution in [-0.4, -0.2) is 23.8 Å². The first-order chi connectivity index (χ1) is 10.6. The van der Waals surface area contributed by atoms with E-state index in [0.29, 0.717) is 18.1 Å². The van der Waals surface area contributed by atoms with Gasteiger partial charge in [0.05, 0.1) is 12.3 Å². The summed E-state index contributed by atoms with van der Waals surface area (Å²) in [5.41, 5.74) is 5.96. The maximum Gasteiger partial charge on any atom is 0.261 e. The molecule has 0 aliphatic carbocycles. The minimum atomic E-state index is -0.743. The maximum atomic E-state index is 11.9. The smallest absolute Gasteiger partial charge is 0.261 e. The Kier molecular flexibility index (Phi) is 5.27. The van der Waals surface area contributed by atoms with E-state index in [1.807, 2.05) is 31.4 Å². The van der Waals surface area contributed by atoms with Crippen LogP contribution in [-0.2, 0) is 0 Å². The van der Waals surface area contributed by atoms with Crippen LogP contribution in [0.25, 0.3) is 11.3 Å². The molecule has 2 aromatic rings. The predicted molar refractivity (Wildman–Crippen MR) is 88.6 cm³/mol. The van der Waals surface area contributed by atoms with Crippen molar-refractivity contribution in [2.24, 2.45) is 5.73 Å². The van der Waals surface area contributed by atoms with Crippen LogP contribution in [0.15, 0.2) is 40.0 Å². The summed E-state index contributed by atoms with van der Waals surface area (Å²) in [6, 6.07) is 8.89. The Bertz CT molecular complexity index is 740. The standard InChI is InChI=1S/C16H18N2O3S/c1-3-8-21-14-9-10(22-2)4-5-11(14)13-7-6-12(15(17)19)16(20)18-13/h4-7,9H,3,8H2,1-2H3,(H2,17,19)(H,18,20). The molecule has 1 heterocycles. The van der Waals surface area contributed by atoms with Crippen molar-refractivity contribution in [1.82, 2.24) is 4.98 Å². The van der Waals surface area contributed by atoms with Gasteiger partial charge >= 0.3 is 0 Å². The van der Waals surface area contributed by atoms with E-state index in [-0.39, 0.29) is 5.56 Å². The van der Waals surface area contributed by atoms with Gasteiger partial charge in [-0.05, 0) is 43.0 Å². The summed E-state index contributed by atoms with van der Waals surface area (Å²) in [6.45, 7) is 2.62. The van der Waals surface area contributed by atoms with Gasteiger partial charge in [0.15, 0.2) is 0 Å². The fourth-order valence-corrected chi connectivity index (χ4v) is 2.44. The molecule has 0 spiro atoms. The molecule has 0 fully saturated rings. The monoisotopic (exact) mass is 318 g/mol. The van der Waals surface area contributed by atoms with Gasteiger partial charge in [0, 0.05) is 10.5 Å². The van der Waals surface area contributed by atoms with E-state index in [9.17, 15) is 9.59 Å². The summed E-state index contributed by atoms with van der Waals surface area (Å²) in [6.07, 6.45) is 2.88. The number of carbonyl (C=O) groups is 1. The quantitative estimate of drug-likeness (QED) is 0.802. The van der Waals surface area contributed by atoms with Crippen LogP contribution in [0.3, 0.4) is 0 Å². The Hall–Kier alpha value is -2.21. The minimum Gasteiger partial charge on any atom is -0.493 e. The van der Waals surface area contributed by atoms with Crippen molar-refractivity contribution in [2.45, 2.75) is 18.2 Å². The molecule has 0 aliphatic rings. The zero-order valence-electron chi connectivity index (χ0n) is 12.5. The second-order valence-corrected chi connectivity index (χ2v) is 5.57. The summed E-state index contributed by atoms with van der Waals surface area (Å²) in [5, 5.41) is 0. The number of hydrogen-bond acceptors (Lipinski definition) is 4. The van der Waals surface area contributed by atoms with Crippen LogP contribution >= 0.6 is 11.8 Å². The van der Waals surface area contributed by atoms with Crippen LogP contribution in [0.5, 0.6) is 5.75 Å². The third-order valence-electron chi connectivity index (χ3n) is 3.12. The molecule has 0 saturated carbocycles. The molecule has 0 atom stereocenters. The van der Waals surface area contributed by atoms with E-state index in [1.54, 1.807) is 17.8 Å². The lowest BCUT2D eigenvalue weighted by Gasteiger charge is -2.12. The van der Waals surface area contributed by atoms with Crippen molar-refractivity contribution in [1.29, 1.82) is 0 Å². The van der Waals surface area contributed by atoms with Gasteiger partial charge in [-0.1, -0.05) is 6.92 Å². The molecule has 1 aromatic heterocycles. The lowest BCUT2D eigenvalue weighted by Crippen LogP contribution is -2.23. The van der Waals surface area contributed by atoms with Gasteiger partial charge in [0.1, 0.15) is 11.3 Å². The number of primary amides is 1. The summed E-state index contributed by atoms with van der Waals surface area (Å²) in [7, 11) is 0. The van der Waals surface area contributed by atoms with Crippen LogP contribution in [0.4, 0.5) is 0 Å². The van der Waals surface area contributed by atoms with Crippen LogP contribution in [0.2, 0.25) is 0 Å². The number of aromatic amines is 1. The summed E-state index contributed by atoms with van der Waals surface area (Å²) in [5.74, 6) is -0.0378. The number of H-pyrrole nitrogens is 1. The molecule has 0 aliphatic heterocycles. The van der Waals surface area contributed by atoms with E-state index in [0.717, 1.165) is 16.9 Å². The predicted octanol–water partition coefficient (Wildman–Crippen LogP) is 2.65. The highest BCUT2D eigenvalue weighted by molar-refractivity contribution is 7.98. The highest BCUT2D eigenvalue weighted by atomic mass is 32.2. The number of amides is 1. The van der Waals surface area contributed by atoms with Crippen LogP contribution < -0.4 is 16.0 Å². The van der Waals surface area contributed by atoms with Crippen molar-refractivity contribution in [2.75, 3.05) is 12.9 Å². The third-order valence-corrected chi connectivity index (χ3v) is 3.84. The first kappa shape index (κ1) is 16.2. The molecule has 22 heavy (non-hydrogen) atoms. The molecule has 1 aromatic carbocycles. The molecule has 0 bridgehead atoms. The number of rotatable bonds is 6. The molecule has 0 unspecified atom stereocenters. The molecule has 2 rings (SSSR count). The highest BCUT2D eigenvalue weighted by Gasteiger charge is 2.12. The molecule has 3 N–H and O–H groups in total. The average molecular weight is 318 g/mol. The lowest BCUT2D eigenvalue weighted by atomic mass is 10.1. The molecule has 0 radical (unpaired) electrons. The van der Waals surface area contributed by atoms with E-state index in [4.69, 9.17) is 10.5 Å². The molecular weight excluding hydrogens is 300 g/mol. The van der Waals surface area contributed by atoms with Crippen molar-refractivity contribution >= 4 is 17.7 Å². The van der Waals surface area contributed by atoms with Gasteiger partial charge in [0.2, 0.25) is 0 Å². The van der Waals surface area contributed by atoms with Gasteiger partial charge < -0.3 is 15.5 Å². The first-order valence-electron chi connectivity index (χ1n) is 6.91. The van der Waals surface area contributed by atoms with E-state index in [1.165, 1.54) is 6.07 Å². The Morgan fingerprint density at radius 1 is 1.32 bits per heavy atom. The largest absolute Gasteiger partial charge is 0.493 e. The molecular formula is C16H18N2O3S. The first-order valence-corrected chi connectivity index (χ1v) is 8.13. The van der Waals surface area contributed by atoms with Gasteiger partial charge in [-0.25, -0.2) is 0 Å². The lowest BCUT2D eigenvalue weighted by molar-refractivity contribution is 0.0999. The minimum absolute atomic E-state index is 0.0551. The SMILES string of the molecule is CCCOc1cc(SC)ccc1-c1ccc(C(N)=O)c(=O)[nH]1. The zero-order chi connectivity index (χ0) is 16.1. The topological polar surface area (TPSA) is 85.2 Å². The second kappa shape index (κ2) is 7.17. The van der Waals surface area contributed by atoms with Crippen LogP contribution in [0.1, 0.15) is 23.7 Å². The molecule has 5 nitrogen and oxygen atoms in total. The number of ether oxygens (including phenoxy) is 1. The van der Waals surface area contributed by atoms with Gasteiger partial charge in [0.25, 0.3) is 11.5 Å². The molecule has 6 heteroatoms. The second-order valence-electron chi connectivity index (χ2n) is 4.69. The van der Waals surface area contributed by atoms with Gasteiger partial charge in [-0.3, -0.25) is 9.59 Å². The number of carbonyl (C=O) groups excluding carboxylic acids is 1. The van der Waals surface area contributed by atoms with Gasteiger partial charge in [-0.15, -0.1) is 11.8 Å². The Balaban J connectivity index is 2.49. The fourth-order valence-electron chi connectivity index (χ4n) is 2.01. The molecule has 1 amide bonds. The van der Waals surface area contributed by atoms with E-state index >= 15 is 0 Å². The summed E-state index contributed by atoms with van der Waals surface area (Å²) < 4.78 is 5.77. The average Bonchev–Trinajstić information content (AvgIpc) is 2.52. The van der Waals surface area contributed by atoms with Crippen LogP contribution in [0, 0.1) is 0 Å². The Morgan fingerprint density at radius 3 is 2.68 bits per heavy atom. The highest BCUT2D eigenvalue weighted by Crippen LogP contribution is 2.32.